The Balaban J connectivity index is 2.08. The molecule has 0 bridgehead atoms. The molecule has 1 rings (SSSR count). The van der Waals surface area contributed by atoms with Gasteiger partial charge in [0.2, 0.25) is 0 Å². The molecule has 15 heavy (non-hydrogen) atoms. The van der Waals surface area contributed by atoms with Crippen LogP contribution in [0, 0.1) is 0 Å². The molecule has 0 saturated heterocycles. The molecular weight excluding hydrogens is 202 g/mol. The maximum Gasteiger partial charge on any atom is 0.0205 e. The van der Waals surface area contributed by atoms with Gasteiger partial charge in [0.05, 0.1) is 0 Å². The van der Waals surface area contributed by atoms with Crippen LogP contribution < -0.4 is 5.32 Å². The first kappa shape index (κ1) is 12.6. The Morgan fingerprint density at radius 1 is 1.13 bits per heavy atom. The highest BCUT2D eigenvalue weighted by Crippen LogP contribution is 2.21. The van der Waals surface area contributed by atoms with Crippen LogP contribution in [0.2, 0.25) is 0 Å². The van der Waals surface area contributed by atoms with Crippen molar-refractivity contribution in [3.63, 3.8) is 0 Å². The molecule has 0 radical (unpaired) electrons. The van der Waals surface area contributed by atoms with Crippen LogP contribution in [0.5, 0.6) is 0 Å². The van der Waals surface area contributed by atoms with Crippen LogP contribution in [-0.4, -0.2) is 17.0 Å². The smallest absolute Gasteiger partial charge is 0.0205 e. The molecule has 1 aromatic rings. The van der Waals surface area contributed by atoms with Crippen molar-refractivity contribution < 1.29 is 0 Å². The molecule has 0 unspecified atom stereocenters. The maximum absolute atomic E-state index is 3.45. The second-order valence-corrected chi connectivity index (χ2v) is 6.54. The summed E-state index contributed by atoms with van der Waals surface area (Å²) in [6, 6.07) is 10.5. The maximum atomic E-state index is 3.45. The van der Waals surface area contributed by atoms with Crippen molar-refractivity contribution in [2.24, 2.45) is 0 Å². The molecule has 0 aromatic heterocycles. The number of rotatable bonds is 5. The highest BCUT2D eigenvalue weighted by molar-refractivity contribution is 8.00. The van der Waals surface area contributed by atoms with Crippen molar-refractivity contribution in [1.82, 2.24) is 5.32 Å². The van der Waals surface area contributed by atoms with Crippen LogP contribution in [0.15, 0.2) is 30.3 Å². The summed E-state index contributed by atoms with van der Waals surface area (Å²) in [6.45, 7) is 8.83. The van der Waals surface area contributed by atoms with Gasteiger partial charge in [-0.1, -0.05) is 51.1 Å². The lowest BCUT2D eigenvalue weighted by molar-refractivity contribution is 0.726. The third kappa shape index (κ3) is 6.58. The SMILES string of the molecule is CC(C)(C)SCCNCc1ccccc1. The van der Waals surface area contributed by atoms with Gasteiger partial charge >= 0.3 is 0 Å². The average molecular weight is 223 g/mol. The van der Waals surface area contributed by atoms with E-state index in [1.807, 2.05) is 11.8 Å². The second-order valence-electron chi connectivity index (χ2n) is 4.62. The van der Waals surface area contributed by atoms with Crippen molar-refractivity contribution in [1.29, 1.82) is 0 Å². The molecule has 2 heteroatoms. The monoisotopic (exact) mass is 223 g/mol. The zero-order chi connectivity index (χ0) is 11.1. The summed E-state index contributed by atoms with van der Waals surface area (Å²) in [5.74, 6) is 1.18. The van der Waals surface area contributed by atoms with Gasteiger partial charge in [-0.05, 0) is 5.56 Å². The molecule has 0 aliphatic heterocycles. The Bertz CT molecular complexity index is 264. The van der Waals surface area contributed by atoms with Gasteiger partial charge in [-0.2, -0.15) is 11.8 Å². The van der Waals surface area contributed by atoms with Gasteiger partial charge in [-0.3, -0.25) is 0 Å². The predicted molar refractivity (Wildman–Crippen MR) is 70.4 cm³/mol. The van der Waals surface area contributed by atoms with Gasteiger partial charge < -0.3 is 5.32 Å². The molecule has 1 aromatic carbocycles. The van der Waals surface area contributed by atoms with Gasteiger partial charge in [0, 0.05) is 23.6 Å². The van der Waals surface area contributed by atoms with Crippen LogP contribution in [0.3, 0.4) is 0 Å². The standard InChI is InChI=1S/C13H21NS/c1-13(2,3)15-10-9-14-11-12-7-5-4-6-8-12/h4-8,14H,9-11H2,1-3H3. The molecule has 0 aliphatic carbocycles. The van der Waals surface area contributed by atoms with Crippen molar-refractivity contribution in [3.05, 3.63) is 35.9 Å². The first-order chi connectivity index (χ1) is 7.08. The summed E-state index contributed by atoms with van der Waals surface area (Å²) in [4.78, 5) is 0. The molecule has 0 spiro atoms. The largest absolute Gasteiger partial charge is 0.312 e. The van der Waals surface area contributed by atoms with E-state index >= 15 is 0 Å². The summed E-state index contributed by atoms with van der Waals surface area (Å²) >= 11 is 2.01. The van der Waals surface area contributed by atoms with Crippen LogP contribution in [0.4, 0.5) is 0 Å². The molecule has 0 heterocycles. The van der Waals surface area contributed by atoms with Crippen molar-refractivity contribution in [3.8, 4) is 0 Å². The van der Waals surface area contributed by atoms with Crippen molar-refractivity contribution >= 4 is 11.8 Å². The number of nitrogens with one attached hydrogen (secondary N) is 1. The highest BCUT2D eigenvalue weighted by atomic mass is 32.2. The Morgan fingerprint density at radius 3 is 2.40 bits per heavy atom. The Labute approximate surface area is 97.7 Å². The number of hydrogen-bond acceptors (Lipinski definition) is 2. The molecule has 0 saturated carbocycles. The second kappa shape index (κ2) is 6.19. The summed E-state index contributed by atoms with van der Waals surface area (Å²) in [5.41, 5.74) is 1.36. The van der Waals surface area contributed by atoms with Gasteiger partial charge in [0.1, 0.15) is 0 Å². The number of benzene rings is 1. The summed E-state index contributed by atoms with van der Waals surface area (Å²) < 4.78 is 0.383. The van der Waals surface area contributed by atoms with Gasteiger partial charge in [-0.25, -0.2) is 0 Å². The Morgan fingerprint density at radius 2 is 1.80 bits per heavy atom. The normalized spacial score (nSPS) is 11.7. The molecule has 1 N–H and O–H groups in total. The molecule has 84 valence electrons. The Kier molecular flexibility index (Phi) is 5.20. The highest BCUT2D eigenvalue weighted by Gasteiger charge is 2.08. The summed E-state index contributed by atoms with van der Waals surface area (Å²) in [5, 5.41) is 3.45. The first-order valence-corrected chi connectivity index (χ1v) is 6.45. The third-order valence-corrected chi connectivity index (χ3v) is 3.26. The minimum absolute atomic E-state index is 0.383. The molecule has 0 aliphatic rings. The Hall–Kier alpha value is -0.470. The van der Waals surface area contributed by atoms with Crippen molar-refractivity contribution in [2.75, 3.05) is 12.3 Å². The van der Waals surface area contributed by atoms with E-state index in [2.05, 4.69) is 56.4 Å². The minimum Gasteiger partial charge on any atom is -0.312 e. The van der Waals surface area contributed by atoms with Crippen LogP contribution in [0.1, 0.15) is 26.3 Å². The van der Waals surface area contributed by atoms with E-state index in [0.717, 1.165) is 13.1 Å². The quantitative estimate of drug-likeness (QED) is 0.769. The van der Waals surface area contributed by atoms with Crippen LogP contribution in [-0.2, 0) is 6.54 Å². The fraction of sp³-hybridized carbons (Fsp3) is 0.538. The zero-order valence-corrected chi connectivity index (χ0v) is 10.7. The van der Waals surface area contributed by atoms with E-state index in [9.17, 15) is 0 Å². The molecule has 0 fully saturated rings. The van der Waals surface area contributed by atoms with E-state index < -0.39 is 0 Å². The fourth-order valence-corrected chi connectivity index (χ4v) is 2.12. The van der Waals surface area contributed by atoms with Crippen LogP contribution >= 0.6 is 11.8 Å². The van der Waals surface area contributed by atoms with Gasteiger partial charge in [-0.15, -0.1) is 0 Å². The summed E-state index contributed by atoms with van der Waals surface area (Å²) in [6.07, 6.45) is 0. The molecule has 1 nitrogen and oxygen atoms in total. The minimum atomic E-state index is 0.383. The lowest BCUT2D eigenvalue weighted by atomic mass is 10.2. The van der Waals surface area contributed by atoms with Gasteiger partial charge in [0.25, 0.3) is 0 Å². The average Bonchev–Trinajstić information content (AvgIpc) is 2.17. The number of hydrogen-bond donors (Lipinski definition) is 1. The molecule has 0 amide bonds. The first-order valence-electron chi connectivity index (χ1n) is 5.46. The van der Waals surface area contributed by atoms with E-state index in [4.69, 9.17) is 0 Å². The van der Waals surface area contributed by atoms with Crippen LogP contribution in [0.25, 0.3) is 0 Å². The van der Waals surface area contributed by atoms with Crippen molar-refractivity contribution in [2.45, 2.75) is 32.1 Å². The zero-order valence-electron chi connectivity index (χ0n) is 9.92. The van der Waals surface area contributed by atoms with E-state index in [0.29, 0.717) is 4.75 Å². The fourth-order valence-electron chi connectivity index (χ4n) is 1.26. The lowest BCUT2D eigenvalue weighted by Crippen LogP contribution is -2.19. The third-order valence-electron chi connectivity index (χ3n) is 1.99. The molecule has 0 atom stereocenters. The topological polar surface area (TPSA) is 12.0 Å². The lowest BCUT2D eigenvalue weighted by Gasteiger charge is -2.17. The van der Waals surface area contributed by atoms with E-state index in [-0.39, 0.29) is 0 Å². The predicted octanol–water partition coefficient (Wildman–Crippen LogP) is 3.31. The van der Waals surface area contributed by atoms with E-state index in [1.165, 1.54) is 11.3 Å². The van der Waals surface area contributed by atoms with E-state index in [1.54, 1.807) is 0 Å². The summed E-state index contributed by atoms with van der Waals surface area (Å²) in [7, 11) is 0. The molecular formula is C13H21NS. The number of thioether (sulfide) groups is 1. The van der Waals surface area contributed by atoms with Gasteiger partial charge in [0.15, 0.2) is 0 Å².